The van der Waals surface area contributed by atoms with E-state index < -0.39 is 0 Å². The van der Waals surface area contributed by atoms with E-state index in [0.29, 0.717) is 17.9 Å². The molecule has 0 bridgehead atoms. The summed E-state index contributed by atoms with van der Waals surface area (Å²) < 4.78 is 7.56. The van der Waals surface area contributed by atoms with E-state index in [9.17, 15) is 0 Å². The minimum absolute atomic E-state index is 0.0214. The Hall–Kier alpha value is -2.50. The summed E-state index contributed by atoms with van der Waals surface area (Å²) in [7, 11) is 0. The van der Waals surface area contributed by atoms with E-state index in [-0.39, 0.29) is 5.84 Å². The lowest BCUT2D eigenvalue weighted by atomic mass is 10.1. The molecule has 1 aromatic heterocycles. The molecule has 2 rings (SSSR count). The highest BCUT2D eigenvalue weighted by molar-refractivity contribution is 6.00. The number of rotatable bonds is 5. The van der Waals surface area contributed by atoms with Crippen LogP contribution < -0.4 is 10.5 Å². The number of nitrogens with two attached hydrogens (primary N) is 1. The van der Waals surface area contributed by atoms with Gasteiger partial charge in [-0.15, -0.1) is 0 Å². The van der Waals surface area contributed by atoms with Gasteiger partial charge in [0.15, 0.2) is 11.6 Å². The minimum Gasteiger partial charge on any atom is -0.491 e. The summed E-state index contributed by atoms with van der Waals surface area (Å²) in [5.74, 6) is 0.603. The molecule has 3 N–H and O–H groups in total. The zero-order chi connectivity index (χ0) is 13.7. The van der Waals surface area contributed by atoms with Crippen molar-refractivity contribution in [1.29, 1.82) is 0 Å². The number of ether oxygens (including phenoxy) is 1. The number of hydrogen-bond donors (Lipinski definition) is 2. The number of para-hydroxylation sites is 1. The van der Waals surface area contributed by atoms with Crippen molar-refractivity contribution in [2.75, 3.05) is 6.61 Å². The van der Waals surface area contributed by atoms with E-state index in [1.165, 1.54) is 0 Å². The van der Waals surface area contributed by atoms with Crippen LogP contribution in [0.25, 0.3) is 5.69 Å². The third-order valence-electron chi connectivity index (χ3n) is 2.61. The van der Waals surface area contributed by atoms with Crippen LogP contribution in [0.2, 0.25) is 0 Å². The summed E-state index contributed by atoms with van der Waals surface area (Å²) in [6.07, 6.45) is 6.03. The summed E-state index contributed by atoms with van der Waals surface area (Å²) >= 11 is 0. The smallest absolute Gasteiger partial charge is 0.173 e. The highest BCUT2D eigenvalue weighted by atomic mass is 16.5. The standard InChI is InChI=1S/C13H16N4O2/c1-2-8-19-12-10(13(14)16-18)4-3-5-11(12)17-7-6-15-9-17/h3-7,9,18H,2,8H2,1H3,(H2,14,16). The maximum atomic E-state index is 8.85. The van der Waals surface area contributed by atoms with Crippen LogP contribution in [0.4, 0.5) is 0 Å². The Morgan fingerprint density at radius 1 is 1.53 bits per heavy atom. The second kappa shape index (κ2) is 5.90. The normalized spacial score (nSPS) is 11.5. The van der Waals surface area contributed by atoms with Crippen molar-refractivity contribution in [2.45, 2.75) is 13.3 Å². The van der Waals surface area contributed by atoms with Crippen LogP contribution >= 0.6 is 0 Å². The minimum atomic E-state index is 0.0214. The number of amidine groups is 1. The predicted octanol–water partition coefficient (Wildman–Crippen LogP) is 1.76. The number of hydrogen-bond acceptors (Lipinski definition) is 4. The third kappa shape index (κ3) is 2.67. The van der Waals surface area contributed by atoms with Crippen molar-refractivity contribution >= 4 is 5.84 Å². The van der Waals surface area contributed by atoms with Crippen LogP contribution in [0.3, 0.4) is 0 Å². The van der Waals surface area contributed by atoms with E-state index in [1.807, 2.05) is 29.8 Å². The van der Waals surface area contributed by atoms with Crippen molar-refractivity contribution in [3.8, 4) is 11.4 Å². The van der Waals surface area contributed by atoms with Gasteiger partial charge in [0.05, 0.1) is 24.2 Å². The van der Waals surface area contributed by atoms with E-state index >= 15 is 0 Å². The van der Waals surface area contributed by atoms with Crippen LogP contribution in [0, 0.1) is 0 Å². The number of oxime groups is 1. The molecular formula is C13H16N4O2. The topological polar surface area (TPSA) is 85.7 Å². The first-order chi connectivity index (χ1) is 9.27. The molecule has 6 heteroatoms. The van der Waals surface area contributed by atoms with Crippen molar-refractivity contribution in [2.24, 2.45) is 10.9 Å². The van der Waals surface area contributed by atoms with Gasteiger partial charge in [-0.2, -0.15) is 0 Å². The third-order valence-corrected chi connectivity index (χ3v) is 2.61. The van der Waals surface area contributed by atoms with Crippen LogP contribution in [0.1, 0.15) is 18.9 Å². The zero-order valence-corrected chi connectivity index (χ0v) is 10.7. The summed E-state index contributed by atoms with van der Waals surface area (Å²) in [5.41, 5.74) is 7.04. The average Bonchev–Trinajstić information content (AvgIpc) is 2.97. The molecule has 0 amide bonds. The number of imidazole rings is 1. The summed E-state index contributed by atoms with van der Waals surface area (Å²) in [6, 6.07) is 5.46. The first-order valence-electron chi connectivity index (χ1n) is 6.00. The Bertz CT molecular complexity index is 564. The fourth-order valence-electron chi connectivity index (χ4n) is 1.74. The van der Waals surface area contributed by atoms with Gasteiger partial charge in [-0.1, -0.05) is 18.1 Å². The number of aromatic nitrogens is 2. The van der Waals surface area contributed by atoms with Gasteiger partial charge in [-0.3, -0.25) is 0 Å². The van der Waals surface area contributed by atoms with Crippen molar-refractivity contribution < 1.29 is 9.94 Å². The van der Waals surface area contributed by atoms with Crippen LogP contribution in [0.15, 0.2) is 42.1 Å². The fourth-order valence-corrected chi connectivity index (χ4v) is 1.74. The molecule has 1 heterocycles. The molecule has 0 aliphatic rings. The molecule has 0 saturated heterocycles. The molecule has 1 aromatic carbocycles. The molecule has 19 heavy (non-hydrogen) atoms. The lowest BCUT2D eigenvalue weighted by Gasteiger charge is -2.15. The fraction of sp³-hybridized carbons (Fsp3) is 0.231. The lowest BCUT2D eigenvalue weighted by molar-refractivity contribution is 0.311. The molecular weight excluding hydrogens is 244 g/mol. The van der Waals surface area contributed by atoms with Gasteiger partial charge >= 0.3 is 0 Å². The molecule has 0 unspecified atom stereocenters. The van der Waals surface area contributed by atoms with Crippen LogP contribution in [0.5, 0.6) is 5.75 Å². The molecule has 0 aliphatic heterocycles. The first-order valence-corrected chi connectivity index (χ1v) is 6.00. The Morgan fingerprint density at radius 2 is 2.37 bits per heavy atom. The molecule has 0 radical (unpaired) electrons. The van der Waals surface area contributed by atoms with Crippen molar-refractivity contribution in [1.82, 2.24) is 9.55 Å². The quantitative estimate of drug-likeness (QED) is 0.371. The molecule has 0 atom stereocenters. The van der Waals surface area contributed by atoms with Gasteiger partial charge < -0.3 is 20.2 Å². The van der Waals surface area contributed by atoms with E-state index in [4.69, 9.17) is 15.7 Å². The highest BCUT2D eigenvalue weighted by Crippen LogP contribution is 2.27. The van der Waals surface area contributed by atoms with Crippen LogP contribution in [-0.2, 0) is 0 Å². The van der Waals surface area contributed by atoms with E-state index in [1.54, 1.807) is 18.6 Å². The maximum absolute atomic E-state index is 8.85. The van der Waals surface area contributed by atoms with E-state index in [2.05, 4.69) is 10.1 Å². The monoisotopic (exact) mass is 260 g/mol. The maximum Gasteiger partial charge on any atom is 0.173 e. The Labute approximate surface area is 111 Å². The van der Waals surface area contributed by atoms with Gasteiger partial charge in [-0.05, 0) is 18.6 Å². The Kier molecular flexibility index (Phi) is 4.02. The molecule has 0 fully saturated rings. The summed E-state index contributed by atoms with van der Waals surface area (Å²) in [5, 5.41) is 11.9. The second-order valence-electron chi connectivity index (χ2n) is 3.96. The highest BCUT2D eigenvalue weighted by Gasteiger charge is 2.14. The Morgan fingerprint density at radius 3 is 3.00 bits per heavy atom. The van der Waals surface area contributed by atoms with Crippen molar-refractivity contribution in [3.63, 3.8) is 0 Å². The van der Waals surface area contributed by atoms with Crippen LogP contribution in [-0.4, -0.2) is 27.2 Å². The number of benzene rings is 1. The predicted molar refractivity (Wildman–Crippen MR) is 71.9 cm³/mol. The largest absolute Gasteiger partial charge is 0.491 e. The van der Waals surface area contributed by atoms with Gasteiger partial charge in [-0.25, -0.2) is 4.98 Å². The molecule has 0 spiro atoms. The zero-order valence-electron chi connectivity index (χ0n) is 10.7. The SMILES string of the molecule is CCCOc1c(C(N)=NO)cccc1-n1ccnc1. The number of nitrogens with zero attached hydrogens (tertiary/aromatic N) is 3. The second-order valence-corrected chi connectivity index (χ2v) is 3.96. The van der Waals surface area contributed by atoms with E-state index in [0.717, 1.165) is 12.1 Å². The van der Waals surface area contributed by atoms with Gasteiger partial charge in [0.25, 0.3) is 0 Å². The molecule has 2 aromatic rings. The summed E-state index contributed by atoms with van der Waals surface area (Å²) in [4.78, 5) is 4.01. The van der Waals surface area contributed by atoms with Gasteiger partial charge in [0.1, 0.15) is 0 Å². The molecule has 100 valence electrons. The van der Waals surface area contributed by atoms with Gasteiger partial charge in [0, 0.05) is 12.4 Å². The van der Waals surface area contributed by atoms with Crippen molar-refractivity contribution in [3.05, 3.63) is 42.5 Å². The molecule has 0 aliphatic carbocycles. The van der Waals surface area contributed by atoms with Gasteiger partial charge in [0.2, 0.25) is 0 Å². The average molecular weight is 260 g/mol. The first kappa shape index (κ1) is 12.9. The Balaban J connectivity index is 2.53. The molecule has 0 saturated carbocycles. The molecule has 6 nitrogen and oxygen atoms in total. The lowest BCUT2D eigenvalue weighted by Crippen LogP contribution is -2.16. The summed E-state index contributed by atoms with van der Waals surface area (Å²) in [6.45, 7) is 2.57.